The predicted molar refractivity (Wildman–Crippen MR) is 161 cm³/mol. The maximum Gasteiger partial charge on any atom is 0.264 e. The van der Waals surface area contributed by atoms with Gasteiger partial charge in [0.2, 0.25) is 11.8 Å². The third-order valence-electron chi connectivity index (χ3n) is 6.69. The van der Waals surface area contributed by atoms with Crippen LogP contribution < -0.4 is 9.62 Å². The van der Waals surface area contributed by atoms with Crippen LogP contribution >= 0.6 is 23.2 Å². The highest BCUT2D eigenvalue weighted by molar-refractivity contribution is 7.92. The number of halogens is 2. The molecule has 10 heteroatoms. The Morgan fingerprint density at radius 1 is 0.900 bits per heavy atom. The number of sulfonamides is 1. The fourth-order valence-electron chi connectivity index (χ4n) is 4.14. The number of nitrogens with zero attached hydrogens (tertiary/aromatic N) is 2. The number of nitrogens with one attached hydrogen (secondary N) is 1. The summed E-state index contributed by atoms with van der Waals surface area (Å²) >= 11 is 12.5. The fraction of sp³-hybridized carbons (Fsp3) is 0.333. The summed E-state index contributed by atoms with van der Waals surface area (Å²) in [5, 5.41) is 3.83. The minimum absolute atomic E-state index is 0.0317. The van der Waals surface area contributed by atoms with Crippen molar-refractivity contribution in [1.82, 2.24) is 10.2 Å². The van der Waals surface area contributed by atoms with Crippen molar-refractivity contribution in [3.05, 3.63) is 94.0 Å². The summed E-state index contributed by atoms with van der Waals surface area (Å²) in [5.74, 6) is -0.853. The van der Waals surface area contributed by atoms with Gasteiger partial charge in [-0.2, -0.15) is 0 Å². The van der Waals surface area contributed by atoms with Crippen LogP contribution in [0.4, 0.5) is 5.69 Å². The van der Waals surface area contributed by atoms with Gasteiger partial charge >= 0.3 is 0 Å². The molecule has 2 atom stereocenters. The van der Waals surface area contributed by atoms with E-state index in [2.05, 4.69) is 5.32 Å². The van der Waals surface area contributed by atoms with Crippen LogP contribution in [-0.2, 0) is 26.2 Å². The van der Waals surface area contributed by atoms with Gasteiger partial charge < -0.3 is 10.2 Å². The smallest absolute Gasteiger partial charge is 0.264 e. The SMILES string of the molecule is CC[C@@H](C)NC(=O)[C@H](CC)N(Cc1ccccc1Cl)C(=O)CN(c1ccc(Cl)cc1)S(=O)(=O)c1ccc(C)cc1. The Kier molecular flexibility index (Phi) is 11.0. The van der Waals surface area contributed by atoms with Gasteiger partial charge in [0.1, 0.15) is 12.6 Å². The summed E-state index contributed by atoms with van der Waals surface area (Å²) in [6.45, 7) is 7.02. The summed E-state index contributed by atoms with van der Waals surface area (Å²) in [5.41, 5.74) is 1.82. The molecule has 3 rings (SSSR count). The van der Waals surface area contributed by atoms with Crippen molar-refractivity contribution >= 4 is 50.7 Å². The van der Waals surface area contributed by atoms with E-state index in [0.29, 0.717) is 22.0 Å². The summed E-state index contributed by atoms with van der Waals surface area (Å²) < 4.78 is 28.8. The topological polar surface area (TPSA) is 86.8 Å². The predicted octanol–water partition coefficient (Wildman–Crippen LogP) is 6.22. The molecular formula is C30H35Cl2N3O4S. The van der Waals surface area contributed by atoms with Crippen LogP contribution in [0, 0.1) is 6.92 Å². The van der Waals surface area contributed by atoms with Crippen molar-refractivity contribution in [2.24, 2.45) is 0 Å². The van der Waals surface area contributed by atoms with Gasteiger partial charge in [0.15, 0.2) is 0 Å². The number of anilines is 1. The molecule has 3 aromatic rings. The van der Waals surface area contributed by atoms with Crippen LogP contribution in [0.3, 0.4) is 0 Å². The maximum absolute atomic E-state index is 14.1. The number of hydrogen-bond donors (Lipinski definition) is 1. The molecule has 2 amide bonds. The van der Waals surface area contributed by atoms with E-state index in [-0.39, 0.29) is 29.1 Å². The van der Waals surface area contributed by atoms with E-state index < -0.39 is 28.5 Å². The number of benzene rings is 3. The summed E-state index contributed by atoms with van der Waals surface area (Å²) in [6.07, 6.45) is 1.05. The number of rotatable bonds is 12. The first-order valence-electron chi connectivity index (χ1n) is 13.2. The minimum Gasteiger partial charge on any atom is -0.352 e. The van der Waals surface area contributed by atoms with E-state index in [1.807, 2.05) is 27.7 Å². The molecule has 0 fully saturated rings. The second-order valence-electron chi connectivity index (χ2n) is 9.66. The Balaban J connectivity index is 2.06. The largest absolute Gasteiger partial charge is 0.352 e. The van der Waals surface area contributed by atoms with E-state index in [1.54, 1.807) is 60.7 Å². The molecule has 40 heavy (non-hydrogen) atoms. The van der Waals surface area contributed by atoms with Crippen LogP contribution in [0.5, 0.6) is 0 Å². The lowest BCUT2D eigenvalue weighted by atomic mass is 10.1. The lowest BCUT2D eigenvalue weighted by molar-refractivity contribution is -0.140. The van der Waals surface area contributed by atoms with Crippen LogP contribution in [-0.4, -0.2) is 43.8 Å². The number of carbonyl (C=O) groups excluding carboxylic acids is 2. The molecule has 0 saturated heterocycles. The summed E-state index contributed by atoms with van der Waals surface area (Å²) in [4.78, 5) is 28.8. The van der Waals surface area contributed by atoms with Crippen molar-refractivity contribution in [2.45, 2.75) is 64.1 Å². The Morgan fingerprint density at radius 3 is 2.10 bits per heavy atom. The lowest BCUT2D eigenvalue weighted by Crippen LogP contribution is -2.53. The average Bonchev–Trinajstić information content (AvgIpc) is 2.93. The first-order chi connectivity index (χ1) is 19.0. The number of amides is 2. The normalized spacial score (nSPS) is 12.8. The van der Waals surface area contributed by atoms with Gasteiger partial charge in [0, 0.05) is 22.6 Å². The van der Waals surface area contributed by atoms with Gasteiger partial charge in [-0.3, -0.25) is 13.9 Å². The zero-order chi connectivity index (χ0) is 29.4. The molecule has 1 N–H and O–H groups in total. The first-order valence-corrected chi connectivity index (χ1v) is 15.4. The van der Waals surface area contributed by atoms with E-state index in [0.717, 1.165) is 16.3 Å². The van der Waals surface area contributed by atoms with Crippen molar-refractivity contribution in [3.8, 4) is 0 Å². The van der Waals surface area contributed by atoms with Crippen molar-refractivity contribution < 1.29 is 18.0 Å². The zero-order valence-electron chi connectivity index (χ0n) is 23.1. The Hall–Kier alpha value is -3.07. The van der Waals surface area contributed by atoms with Crippen molar-refractivity contribution in [3.63, 3.8) is 0 Å². The molecule has 0 unspecified atom stereocenters. The van der Waals surface area contributed by atoms with Crippen molar-refractivity contribution in [2.75, 3.05) is 10.8 Å². The molecule has 214 valence electrons. The van der Waals surface area contributed by atoms with Crippen LogP contribution in [0.25, 0.3) is 0 Å². The first kappa shape index (κ1) is 31.5. The molecule has 0 aromatic heterocycles. The van der Waals surface area contributed by atoms with Gasteiger partial charge in [-0.1, -0.05) is 72.9 Å². The monoisotopic (exact) mass is 603 g/mol. The molecule has 0 heterocycles. The van der Waals surface area contributed by atoms with Crippen LogP contribution in [0.15, 0.2) is 77.7 Å². The second-order valence-corrected chi connectivity index (χ2v) is 12.4. The number of carbonyl (C=O) groups is 2. The van der Waals surface area contributed by atoms with Crippen LogP contribution in [0.2, 0.25) is 10.0 Å². The van der Waals surface area contributed by atoms with Crippen LogP contribution in [0.1, 0.15) is 44.7 Å². The van der Waals surface area contributed by atoms with Gasteiger partial charge in [0.05, 0.1) is 10.6 Å². The Bertz CT molecular complexity index is 1410. The quantitative estimate of drug-likeness (QED) is 0.266. The van der Waals surface area contributed by atoms with Gasteiger partial charge in [-0.15, -0.1) is 0 Å². The highest BCUT2D eigenvalue weighted by Crippen LogP contribution is 2.27. The average molecular weight is 605 g/mol. The lowest BCUT2D eigenvalue weighted by Gasteiger charge is -2.34. The molecule has 3 aromatic carbocycles. The summed E-state index contributed by atoms with van der Waals surface area (Å²) in [6, 6.07) is 18.8. The molecule has 0 bridgehead atoms. The zero-order valence-corrected chi connectivity index (χ0v) is 25.4. The molecule has 7 nitrogen and oxygen atoms in total. The molecule has 0 aliphatic heterocycles. The standard InChI is InChI=1S/C30H35Cl2N3O4S/c1-5-22(4)33-30(37)28(6-2)34(19-23-9-7-8-10-27(23)32)29(36)20-35(25-15-13-24(31)14-16-25)40(38,39)26-17-11-21(3)12-18-26/h7-18,22,28H,5-6,19-20H2,1-4H3,(H,33,37)/t22-,28+/m1/s1. The molecule has 0 aliphatic rings. The number of aryl methyl sites for hydroxylation is 1. The second kappa shape index (κ2) is 14.0. The molecule has 0 spiro atoms. The molecular weight excluding hydrogens is 569 g/mol. The fourth-order valence-corrected chi connectivity index (χ4v) is 5.88. The molecule has 0 aliphatic carbocycles. The maximum atomic E-state index is 14.1. The minimum atomic E-state index is -4.15. The van der Waals surface area contributed by atoms with Gasteiger partial charge in [-0.25, -0.2) is 8.42 Å². The van der Waals surface area contributed by atoms with E-state index in [9.17, 15) is 18.0 Å². The molecule has 0 radical (unpaired) electrons. The highest BCUT2D eigenvalue weighted by Gasteiger charge is 2.34. The third-order valence-corrected chi connectivity index (χ3v) is 9.10. The number of hydrogen-bond acceptors (Lipinski definition) is 4. The van der Waals surface area contributed by atoms with E-state index in [1.165, 1.54) is 17.0 Å². The van der Waals surface area contributed by atoms with Gasteiger partial charge in [0.25, 0.3) is 10.0 Å². The van der Waals surface area contributed by atoms with Gasteiger partial charge in [-0.05, 0) is 74.7 Å². The Labute approximate surface area is 247 Å². The summed E-state index contributed by atoms with van der Waals surface area (Å²) in [7, 11) is -4.15. The van der Waals surface area contributed by atoms with E-state index >= 15 is 0 Å². The molecule has 0 saturated carbocycles. The Morgan fingerprint density at radius 2 is 1.52 bits per heavy atom. The van der Waals surface area contributed by atoms with E-state index in [4.69, 9.17) is 23.2 Å². The van der Waals surface area contributed by atoms with Crippen molar-refractivity contribution in [1.29, 1.82) is 0 Å². The third kappa shape index (κ3) is 7.77. The highest BCUT2D eigenvalue weighted by atomic mass is 35.5.